The van der Waals surface area contributed by atoms with E-state index in [0.29, 0.717) is 5.69 Å². The summed E-state index contributed by atoms with van der Waals surface area (Å²) in [5.41, 5.74) is 5.72. The van der Waals surface area contributed by atoms with E-state index in [1.54, 1.807) is 12.4 Å². The summed E-state index contributed by atoms with van der Waals surface area (Å²) in [7, 11) is 0. The van der Waals surface area contributed by atoms with Crippen molar-refractivity contribution in [2.45, 2.75) is 32.6 Å². The molecule has 0 saturated heterocycles. The van der Waals surface area contributed by atoms with Gasteiger partial charge in [-0.3, -0.25) is 14.8 Å². The summed E-state index contributed by atoms with van der Waals surface area (Å²) in [6.45, 7) is 2.04. The molecule has 1 amide bonds. The van der Waals surface area contributed by atoms with Crippen LogP contribution in [0.4, 0.5) is 5.69 Å². The zero-order valence-corrected chi connectivity index (χ0v) is 13.7. The first kappa shape index (κ1) is 14.8. The molecule has 0 bridgehead atoms. The monoisotopic (exact) mass is 317 g/mol. The van der Waals surface area contributed by atoms with E-state index in [-0.39, 0.29) is 5.91 Å². The fourth-order valence-corrected chi connectivity index (χ4v) is 3.43. The second kappa shape index (κ2) is 6.04. The summed E-state index contributed by atoms with van der Waals surface area (Å²) < 4.78 is 0. The summed E-state index contributed by atoms with van der Waals surface area (Å²) in [6, 6.07) is 9.80. The molecule has 0 saturated carbocycles. The van der Waals surface area contributed by atoms with Crippen LogP contribution in [0.3, 0.4) is 0 Å². The number of carbonyl (C=O) groups is 1. The van der Waals surface area contributed by atoms with Crippen molar-refractivity contribution in [3.63, 3.8) is 0 Å². The van der Waals surface area contributed by atoms with Crippen molar-refractivity contribution in [1.29, 1.82) is 0 Å². The Morgan fingerprint density at radius 1 is 1.17 bits per heavy atom. The van der Waals surface area contributed by atoms with Crippen LogP contribution in [0.15, 0.2) is 42.7 Å². The lowest BCUT2D eigenvalue weighted by molar-refractivity contribution is 0.102. The van der Waals surface area contributed by atoms with Crippen LogP contribution in [0.25, 0.3) is 10.9 Å². The molecule has 0 aliphatic heterocycles. The second-order valence-corrected chi connectivity index (χ2v) is 6.34. The van der Waals surface area contributed by atoms with E-state index in [4.69, 9.17) is 4.98 Å². The fourth-order valence-electron chi connectivity index (χ4n) is 3.43. The van der Waals surface area contributed by atoms with Crippen molar-refractivity contribution in [2.24, 2.45) is 0 Å². The molecule has 0 radical (unpaired) electrons. The zero-order chi connectivity index (χ0) is 16.5. The van der Waals surface area contributed by atoms with Gasteiger partial charge in [-0.2, -0.15) is 0 Å². The number of hydrogen-bond donors (Lipinski definition) is 1. The van der Waals surface area contributed by atoms with Crippen LogP contribution in [0.1, 0.15) is 40.0 Å². The molecule has 1 N–H and O–H groups in total. The Morgan fingerprint density at radius 3 is 2.88 bits per heavy atom. The lowest BCUT2D eigenvalue weighted by Gasteiger charge is -2.20. The van der Waals surface area contributed by atoms with E-state index in [0.717, 1.165) is 59.0 Å². The van der Waals surface area contributed by atoms with Crippen molar-refractivity contribution in [1.82, 2.24) is 9.97 Å². The molecule has 2 heterocycles. The third kappa shape index (κ3) is 2.64. The molecule has 0 atom stereocenters. The first-order chi connectivity index (χ1) is 11.7. The largest absolute Gasteiger partial charge is 0.321 e. The molecule has 3 aromatic rings. The standard InChI is InChI=1S/C20H19N3O/c1-13-8-9-18-16(11-13)19(15-6-2-3-7-17(15)23-18)20(24)22-14-5-4-10-21-12-14/h4-5,8-12H,2-3,6-7H2,1H3,(H,22,24). The number of nitrogens with zero attached hydrogens (tertiary/aromatic N) is 2. The minimum atomic E-state index is -0.0702. The SMILES string of the molecule is Cc1ccc2nc3c(c(C(=O)Nc4cccnc4)c2c1)CCCC3. The topological polar surface area (TPSA) is 54.9 Å². The van der Waals surface area contributed by atoms with E-state index < -0.39 is 0 Å². The first-order valence-corrected chi connectivity index (χ1v) is 8.36. The second-order valence-electron chi connectivity index (χ2n) is 6.34. The van der Waals surface area contributed by atoms with Gasteiger partial charge in [0.15, 0.2) is 0 Å². The Morgan fingerprint density at radius 2 is 2.04 bits per heavy atom. The van der Waals surface area contributed by atoms with Crippen molar-refractivity contribution >= 4 is 22.5 Å². The molecule has 0 unspecified atom stereocenters. The number of aryl methyl sites for hydroxylation is 2. The molecule has 2 aromatic heterocycles. The Hall–Kier alpha value is -2.75. The van der Waals surface area contributed by atoms with Crippen LogP contribution >= 0.6 is 0 Å². The minimum Gasteiger partial charge on any atom is -0.321 e. The maximum absolute atomic E-state index is 13.0. The Bertz CT molecular complexity index is 919. The van der Waals surface area contributed by atoms with Crippen LogP contribution in [0.2, 0.25) is 0 Å². The lowest BCUT2D eigenvalue weighted by Crippen LogP contribution is -2.19. The van der Waals surface area contributed by atoms with Crippen LogP contribution in [0.5, 0.6) is 0 Å². The smallest absolute Gasteiger partial charge is 0.256 e. The van der Waals surface area contributed by atoms with E-state index in [1.807, 2.05) is 31.2 Å². The number of hydrogen-bond acceptors (Lipinski definition) is 3. The quantitative estimate of drug-likeness (QED) is 0.775. The third-order valence-electron chi connectivity index (χ3n) is 4.56. The van der Waals surface area contributed by atoms with Crippen molar-refractivity contribution in [3.05, 3.63) is 65.1 Å². The highest BCUT2D eigenvalue weighted by atomic mass is 16.1. The molecule has 4 rings (SSSR count). The van der Waals surface area contributed by atoms with Crippen molar-refractivity contribution < 1.29 is 4.79 Å². The van der Waals surface area contributed by atoms with Crippen LogP contribution in [0, 0.1) is 6.92 Å². The molecule has 4 nitrogen and oxygen atoms in total. The average Bonchev–Trinajstić information content (AvgIpc) is 2.60. The molecule has 1 aromatic carbocycles. The lowest BCUT2D eigenvalue weighted by atomic mass is 9.89. The fraction of sp³-hybridized carbons (Fsp3) is 0.250. The number of rotatable bonds is 2. The Balaban J connectivity index is 1.88. The number of aromatic nitrogens is 2. The third-order valence-corrected chi connectivity index (χ3v) is 4.56. The highest BCUT2D eigenvalue weighted by Gasteiger charge is 2.22. The van der Waals surface area contributed by atoms with Crippen molar-refractivity contribution in [2.75, 3.05) is 5.32 Å². The van der Waals surface area contributed by atoms with Gasteiger partial charge in [0.2, 0.25) is 0 Å². The first-order valence-electron chi connectivity index (χ1n) is 8.36. The average molecular weight is 317 g/mol. The zero-order valence-electron chi connectivity index (χ0n) is 13.7. The van der Waals surface area contributed by atoms with Gasteiger partial charge in [-0.05, 0) is 62.4 Å². The van der Waals surface area contributed by atoms with E-state index >= 15 is 0 Å². The molecular weight excluding hydrogens is 298 g/mol. The summed E-state index contributed by atoms with van der Waals surface area (Å²) in [4.78, 5) is 21.9. The van der Waals surface area contributed by atoms with Crippen LogP contribution in [-0.4, -0.2) is 15.9 Å². The molecule has 1 aliphatic carbocycles. The van der Waals surface area contributed by atoms with Gasteiger partial charge in [-0.1, -0.05) is 11.6 Å². The van der Waals surface area contributed by atoms with Gasteiger partial charge in [-0.15, -0.1) is 0 Å². The normalized spacial score (nSPS) is 13.5. The van der Waals surface area contributed by atoms with Gasteiger partial charge < -0.3 is 5.32 Å². The summed E-state index contributed by atoms with van der Waals surface area (Å²) >= 11 is 0. The minimum absolute atomic E-state index is 0.0702. The van der Waals surface area contributed by atoms with E-state index in [9.17, 15) is 4.79 Å². The summed E-state index contributed by atoms with van der Waals surface area (Å²) in [5.74, 6) is -0.0702. The van der Waals surface area contributed by atoms with Gasteiger partial charge in [0.1, 0.15) is 0 Å². The van der Waals surface area contributed by atoms with E-state index in [1.165, 1.54) is 0 Å². The van der Waals surface area contributed by atoms with Gasteiger partial charge in [0, 0.05) is 17.3 Å². The molecule has 24 heavy (non-hydrogen) atoms. The molecule has 120 valence electrons. The number of carbonyl (C=O) groups excluding carboxylic acids is 1. The predicted molar refractivity (Wildman–Crippen MR) is 95.3 cm³/mol. The molecule has 0 fully saturated rings. The van der Waals surface area contributed by atoms with Gasteiger partial charge in [-0.25, -0.2) is 0 Å². The van der Waals surface area contributed by atoms with Gasteiger partial charge in [0.05, 0.1) is 23.0 Å². The number of nitrogens with one attached hydrogen (secondary N) is 1. The maximum Gasteiger partial charge on any atom is 0.256 e. The van der Waals surface area contributed by atoms with Crippen LogP contribution in [-0.2, 0) is 12.8 Å². The molecule has 0 spiro atoms. The maximum atomic E-state index is 13.0. The molecule has 4 heteroatoms. The summed E-state index contributed by atoms with van der Waals surface area (Å²) in [6.07, 6.45) is 7.48. The predicted octanol–water partition coefficient (Wildman–Crippen LogP) is 4.07. The number of fused-ring (bicyclic) bond motifs is 2. The van der Waals surface area contributed by atoms with Crippen LogP contribution < -0.4 is 5.32 Å². The highest BCUT2D eigenvalue weighted by molar-refractivity contribution is 6.13. The Kier molecular flexibility index (Phi) is 3.73. The van der Waals surface area contributed by atoms with Gasteiger partial charge in [0.25, 0.3) is 5.91 Å². The molecular formula is C20H19N3O. The number of anilines is 1. The number of pyridine rings is 2. The Labute approximate surface area is 141 Å². The van der Waals surface area contributed by atoms with Gasteiger partial charge >= 0.3 is 0 Å². The highest BCUT2D eigenvalue weighted by Crippen LogP contribution is 2.30. The molecule has 1 aliphatic rings. The van der Waals surface area contributed by atoms with E-state index in [2.05, 4.69) is 16.4 Å². The number of benzene rings is 1. The van der Waals surface area contributed by atoms with Crippen molar-refractivity contribution in [3.8, 4) is 0 Å². The summed E-state index contributed by atoms with van der Waals surface area (Å²) in [5, 5.41) is 3.93. The number of amides is 1.